The van der Waals surface area contributed by atoms with E-state index >= 15 is 0 Å². The largest absolute Gasteiger partial charge is 0.456 e. The van der Waals surface area contributed by atoms with Gasteiger partial charge >= 0.3 is 0 Å². The van der Waals surface area contributed by atoms with Crippen LogP contribution >= 0.6 is 0 Å². The predicted molar refractivity (Wildman–Crippen MR) is 234 cm³/mol. The molecule has 0 aliphatic heterocycles. The Morgan fingerprint density at radius 1 is 0.509 bits per heavy atom. The zero-order valence-electron chi connectivity index (χ0n) is 30.5. The fourth-order valence-electron chi connectivity index (χ4n) is 7.59. The lowest BCUT2D eigenvalue weighted by Crippen LogP contribution is -2.15. The molecule has 262 valence electrons. The third-order valence-corrected chi connectivity index (χ3v) is 10.3. The molecular weight excluding hydrogens is 667 g/mol. The molecule has 0 N–H and O–H groups in total. The summed E-state index contributed by atoms with van der Waals surface area (Å²) in [6.45, 7) is 4.26. The van der Waals surface area contributed by atoms with Gasteiger partial charge in [-0.1, -0.05) is 164 Å². The third-order valence-electron chi connectivity index (χ3n) is 10.3. The molecule has 0 bridgehead atoms. The number of para-hydroxylation sites is 1. The van der Waals surface area contributed by atoms with Gasteiger partial charge < -0.3 is 9.32 Å². The lowest BCUT2D eigenvalue weighted by molar-refractivity contribution is 0.669. The Kier molecular flexibility index (Phi) is 9.22. The molecular formula is C53H39NO. The lowest BCUT2D eigenvalue weighted by atomic mass is 9.94. The Hall–Kier alpha value is -7.16. The number of hydrogen-bond acceptors (Lipinski definition) is 2. The zero-order valence-corrected chi connectivity index (χ0v) is 30.5. The van der Waals surface area contributed by atoms with Gasteiger partial charge in [-0.3, -0.25) is 0 Å². The van der Waals surface area contributed by atoms with Crippen LogP contribution in [0.15, 0.2) is 229 Å². The van der Waals surface area contributed by atoms with Crippen LogP contribution in [0.5, 0.6) is 0 Å². The van der Waals surface area contributed by atoms with Crippen LogP contribution < -0.4 is 4.90 Å². The molecule has 0 fully saturated rings. The van der Waals surface area contributed by atoms with Crippen LogP contribution in [0.2, 0.25) is 0 Å². The summed E-state index contributed by atoms with van der Waals surface area (Å²) >= 11 is 0. The molecule has 0 saturated carbocycles. The van der Waals surface area contributed by atoms with Crippen LogP contribution in [0.3, 0.4) is 0 Å². The zero-order chi connectivity index (χ0) is 37.0. The summed E-state index contributed by atoms with van der Waals surface area (Å²) in [7, 11) is 0. The second-order valence-electron chi connectivity index (χ2n) is 13.7. The number of fused-ring (bicyclic) bond motifs is 5. The lowest BCUT2D eigenvalue weighted by Gasteiger charge is -2.27. The van der Waals surface area contributed by atoms with Crippen molar-refractivity contribution in [2.75, 3.05) is 4.90 Å². The standard InChI is InChI=1S/C53H39NO/c1-2-44(20-10-9-17-38-15-5-3-6-16-38)54(46-34-29-41(30-35-46)48-22-12-11-21-47(48)40-18-7-4-8-19-40)45-32-27-39(28-33-45)43-26-25-42-31-36-52-53(50(42)37-43)49-23-13-14-24-51(49)55-52/h2-16,18-37H,1,17H2/b10-9-,44-20+. The summed E-state index contributed by atoms with van der Waals surface area (Å²) in [5.41, 5.74) is 13.3. The van der Waals surface area contributed by atoms with Crippen molar-refractivity contribution in [3.05, 3.63) is 230 Å². The van der Waals surface area contributed by atoms with Gasteiger partial charge in [-0.15, -0.1) is 0 Å². The molecule has 1 aromatic heterocycles. The molecule has 55 heavy (non-hydrogen) atoms. The topological polar surface area (TPSA) is 16.4 Å². The Labute approximate surface area is 322 Å². The van der Waals surface area contributed by atoms with E-state index in [0.717, 1.165) is 56.6 Å². The van der Waals surface area contributed by atoms with Crippen molar-refractivity contribution in [3.63, 3.8) is 0 Å². The number of nitrogens with zero attached hydrogens (tertiary/aromatic N) is 1. The average Bonchev–Trinajstić information content (AvgIpc) is 3.65. The van der Waals surface area contributed by atoms with Crippen LogP contribution in [0.4, 0.5) is 11.4 Å². The van der Waals surface area contributed by atoms with Crippen molar-refractivity contribution in [3.8, 4) is 33.4 Å². The van der Waals surface area contributed by atoms with Gasteiger partial charge in [-0.05, 0) is 111 Å². The first kappa shape index (κ1) is 33.7. The first-order chi connectivity index (χ1) is 27.2. The predicted octanol–water partition coefficient (Wildman–Crippen LogP) is 14.7. The van der Waals surface area contributed by atoms with E-state index in [1.807, 2.05) is 18.2 Å². The number of hydrogen-bond donors (Lipinski definition) is 0. The summed E-state index contributed by atoms with van der Waals surface area (Å²) in [6, 6.07) is 66.7. The van der Waals surface area contributed by atoms with E-state index in [4.69, 9.17) is 4.42 Å². The van der Waals surface area contributed by atoms with Gasteiger partial charge in [0.25, 0.3) is 0 Å². The van der Waals surface area contributed by atoms with Crippen molar-refractivity contribution >= 4 is 44.1 Å². The van der Waals surface area contributed by atoms with Gasteiger partial charge in [0.2, 0.25) is 0 Å². The van der Waals surface area contributed by atoms with Gasteiger partial charge in [0.15, 0.2) is 0 Å². The summed E-state index contributed by atoms with van der Waals surface area (Å²) in [4.78, 5) is 2.28. The smallest absolute Gasteiger partial charge is 0.136 e. The van der Waals surface area contributed by atoms with Crippen LogP contribution in [0.25, 0.3) is 66.1 Å². The van der Waals surface area contributed by atoms with Crippen molar-refractivity contribution < 1.29 is 4.42 Å². The van der Waals surface area contributed by atoms with Crippen LogP contribution in [0, 0.1) is 0 Å². The minimum atomic E-state index is 0.860. The fraction of sp³-hybridized carbons (Fsp3) is 0.0189. The summed E-state index contributed by atoms with van der Waals surface area (Å²) < 4.78 is 6.22. The van der Waals surface area contributed by atoms with Gasteiger partial charge in [-0.25, -0.2) is 0 Å². The highest BCUT2D eigenvalue weighted by molar-refractivity contribution is 6.19. The Bertz CT molecular complexity index is 2830. The first-order valence-electron chi connectivity index (χ1n) is 18.8. The number of rotatable bonds is 10. The molecule has 0 aliphatic rings. The first-order valence-corrected chi connectivity index (χ1v) is 18.8. The molecule has 9 aromatic rings. The molecule has 0 unspecified atom stereocenters. The van der Waals surface area contributed by atoms with Crippen molar-refractivity contribution in [2.24, 2.45) is 0 Å². The highest BCUT2D eigenvalue weighted by atomic mass is 16.3. The van der Waals surface area contributed by atoms with E-state index < -0.39 is 0 Å². The fourth-order valence-corrected chi connectivity index (χ4v) is 7.59. The minimum absolute atomic E-state index is 0.860. The maximum Gasteiger partial charge on any atom is 0.136 e. The van der Waals surface area contributed by atoms with E-state index in [1.54, 1.807) is 0 Å². The maximum atomic E-state index is 6.22. The molecule has 0 saturated heterocycles. The summed E-state index contributed by atoms with van der Waals surface area (Å²) in [5.74, 6) is 0. The quantitative estimate of drug-likeness (QED) is 0.132. The highest BCUT2D eigenvalue weighted by Crippen LogP contribution is 2.39. The molecule has 0 atom stereocenters. The van der Waals surface area contributed by atoms with Crippen LogP contribution in [0.1, 0.15) is 5.56 Å². The van der Waals surface area contributed by atoms with Crippen LogP contribution in [-0.2, 0) is 6.42 Å². The molecule has 2 nitrogen and oxygen atoms in total. The normalized spacial score (nSPS) is 11.8. The second kappa shape index (κ2) is 15.1. The van der Waals surface area contributed by atoms with Crippen LogP contribution in [-0.4, -0.2) is 0 Å². The Morgan fingerprint density at radius 2 is 1.09 bits per heavy atom. The van der Waals surface area contributed by atoms with Crippen molar-refractivity contribution in [1.29, 1.82) is 0 Å². The maximum absolute atomic E-state index is 6.22. The molecule has 0 spiro atoms. The van der Waals surface area contributed by atoms with E-state index in [-0.39, 0.29) is 0 Å². The molecule has 0 radical (unpaired) electrons. The molecule has 0 amide bonds. The monoisotopic (exact) mass is 705 g/mol. The van der Waals surface area contributed by atoms with E-state index in [0.29, 0.717) is 0 Å². The Morgan fingerprint density at radius 3 is 1.80 bits per heavy atom. The SMILES string of the molecule is C=C/C(=C\C=C/Cc1ccccc1)N(c1ccc(-c2ccc3ccc4oc5ccccc5c4c3c2)cc1)c1ccc(-c2ccccc2-c2ccccc2)cc1. The number of benzene rings is 8. The molecule has 1 heterocycles. The van der Waals surface area contributed by atoms with E-state index in [9.17, 15) is 0 Å². The number of allylic oxidation sites excluding steroid dienone is 4. The van der Waals surface area contributed by atoms with Gasteiger partial charge in [0.05, 0.1) is 0 Å². The van der Waals surface area contributed by atoms with E-state index in [2.05, 4.69) is 206 Å². The Balaban J connectivity index is 1.09. The molecule has 0 aliphatic carbocycles. The average molecular weight is 706 g/mol. The van der Waals surface area contributed by atoms with Crippen molar-refractivity contribution in [2.45, 2.75) is 6.42 Å². The molecule has 8 aromatic carbocycles. The number of furan rings is 1. The van der Waals surface area contributed by atoms with Crippen molar-refractivity contribution in [1.82, 2.24) is 0 Å². The summed E-state index contributed by atoms with van der Waals surface area (Å²) in [6.07, 6.45) is 9.27. The minimum Gasteiger partial charge on any atom is -0.456 e. The second-order valence-corrected chi connectivity index (χ2v) is 13.7. The summed E-state index contributed by atoms with van der Waals surface area (Å²) in [5, 5.41) is 4.69. The number of anilines is 2. The van der Waals surface area contributed by atoms with Gasteiger partial charge in [0, 0.05) is 27.8 Å². The molecule has 2 heteroatoms. The van der Waals surface area contributed by atoms with Gasteiger partial charge in [-0.2, -0.15) is 0 Å². The molecule has 9 rings (SSSR count). The third kappa shape index (κ3) is 6.78. The highest BCUT2D eigenvalue weighted by Gasteiger charge is 2.16. The van der Waals surface area contributed by atoms with E-state index in [1.165, 1.54) is 38.6 Å². The van der Waals surface area contributed by atoms with Gasteiger partial charge in [0.1, 0.15) is 11.2 Å².